The molecule has 7 nitrogen and oxygen atoms in total. The van der Waals surface area contributed by atoms with Crippen molar-refractivity contribution in [2.24, 2.45) is 0 Å². The summed E-state index contributed by atoms with van der Waals surface area (Å²) in [7, 11) is 1.58. The fourth-order valence-corrected chi connectivity index (χ4v) is 3.99. The van der Waals surface area contributed by atoms with Crippen molar-refractivity contribution in [3.8, 4) is 36.2 Å². The normalized spacial score (nSPS) is 15.3. The van der Waals surface area contributed by atoms with Crippen molar-refractivity contribution in [1.82, 2.24) is 10.2 Å². The lowest BCUT2D eigenvalue weighted by Crippen LogP contribution is -2.44. The molecule has 1 aliphatic rings. The first-order valence-corrected chi connectivity index (χ1v) is 11.6. The number of ether oxygens (including phenoxy) is 4. The molecule has 2 unspecified atom stereocenters. The van der Waals surface area contributed by atoms with Crippen molar-refractivity contribution < 1.29 is 23.7 Å². The van der Waals surface area contributed by atoms with Crippen LogP contribution in [0.3, 0.4) is 0 Å². The topological polar surface area (TPSA) is 69.3 Å². The number of methoxy groups -OCH3 is 1. The highest BCUT2D eigenvalue weighted by Gasteiger charge is 2.27. The van der Waals surface area contributed by atoms with Gasteiger partial charge < -0.3 is 24.3 Å². The Bertz CT molecular complexity index is 1050. The van der Waals surface area contributed by atoms with Crippen LogP contribution in [0.1, 0.15) is 23.3 Å². The molecule has 1 heterocycles. The van der Waals surface area contributed by atoms with Crippen molar-refractivity contribution in [2.45, 2.75) is 12.1 Å². The maximum absolute atomic E-state index is 13.2. The van der Waals surface area contributed by atoms with Crippen molar-refractivity contribution >= 4 is 17.5 Å². The van der Waals surface area contributed by atoms with Gasteiger partial charge in [-0.15, -0.1) is 12.8 Å². The van der Waals surface area contributed by atoms with Crippen LogP contribution in [0.25, 0.3) is 0 Å². The number of terminal acetylenes is 2. The molecule has 0 aromatic heterocycles. The van der Waals surface area contributed by atoms with E-state index in [-0.39, 0.29) is 25.2 Å². The van der Waals surface area contributed by atoms with E-state index >= 15 is 0 Å². The van der Waals surface area contributed by atoms with Gasteiger partial charge in [-0.2, -0.15) is 0 Å². The summed E-state index contributed by atoms with van der Waals surface area (Å²) in [4.78, 5) is 15.5. The van der Waals surface area contributed by atoms with Crippen LogP contribution in [0, 0.1) is 24.7 Å². The van der Waals surface area contributed by atoms with Gasteiger partial charge in [0, 0.05) is 24.7 Å². The number of benzene rings is 2. The van der Waals surface area contributed by atoms with Gasteiger partial charge in [-0.1, -0.05) is 41.6 Å². The molecule has 1 fully saturated rings. The van der Waals surface area contributed by atoms with Crippen LogP contribution >= 0.6 is 11.6 Å². The van der Waals surface area contributed by atoms with E-state index in [1.165, 1.54) is 0 Å². The highest BCUT2D eigenvalue weighted by molar-refractivity contribution is 6.30. The second kappa shape index (κ2) is 13.6. The molecular formula is C27H29ClN2O5. The Balaban J connectivity index is 1.81. The molecule has 1 amide bonds. The van der Waals surface area contributed by atoms with Crippen LogP contribution in [-0.4, -0.2) is 64.0 Å². The summed E-state index contributed by atoms with van der Waals surface area (Å²) in [6, 6.07) is 12.5. The number of morpholine rings is 1. The van der Waals surface area contributed by atoms with Crippen LogP contribution in [0.15, 0.2) is 42.5 Å². The van der Waals surface area contributed by atoms with Gasteiger partial charge in [0.15, 0.2) is 17.6 Å². The first-order valence-electron chi connectivity index (χ1n) is 11.2. The SMILES string of the molecule is C#CCOc1ccc(C(CNC(=O)C(OCC#C)c2ccc(Cl)cc2)N2CCOCC2)cc1OC. The minimum atomic E-state index is -0.859. The Hall–Kier alpha value is -3.20. The molecule has 0 aliphatic carbocycles. The summed E-state index contributed by atoms with van der Waals surface area (Å²) in [6.07, 6.45) is 9.82. The molecule has 1 N–H and O–H groups in total. The summed E-state index contributed by atoms with van der Waals surface area (Å²) in [5.74, 6) is 5.71. The number of hydrogen-bond acceptors (Lipinski definition) is 6. The van der Waals surface area contributed by atoms with E-state index in [1.54, 1.807) is 31.4 Å². The van der Waals surface area contributed by atoms with E-state index < -0.39 is 6.10 Å². The van der Waals surface area contributed by atoms with Gasteiger partial charge in [-0.25, -0.2) is 0 Å². The van der Waals surface area contributed by atoms with E-state index in [0.717, 1.165) is 18.7 Å². The second-order valence-electron chi connectivity index (χ2n) is 7.76. The number of nitrogens with zero attached hydrogens (tertiary/aromatic N) is 1. The third-order valence-electron chi connectivity index (χ3n) is 5.58. The minimum absolute atomic E-state index is 0.00389. The number of rotatable bonds is 11. The molecule has 1 saturated heterocycles. The fraction of sp³-hybridized carbons (Fsp3) is 0.370. The largest absolute Gasteiger partial charge is 0.493 e. The predicted molar refractivity (Wildman–Crippen MR) is 134 cm³/mol. The van der Waals surface area contributed by atoms with Crippen molar-refractivity contribution in [2.75, 3.05) is 53.2 Å². The maximum atomic E-state index is 13.2. The quantitative estimate of drug-likeness (QED) is 0.482. The molecule has 2 aromatic rings. The van der Waals surface area contributed by atoms with E-state index in [1.807, 2.05) is 18.2 Å². The molecule has 0 radical (unpaired) electrons. The lowest BCUT2D eigenvalue weighted by molar-refractivity contribution is -0.132. The van der Waals surface area contributed by atoms with Gasteiger partial charge in [0.05, 0.1) is 26.4 Å². The third kappa shape index (κ3) is 7.39. The van der Waals surface area contributed by atoms with Crippen LogP contribution < -0.4 is 14.8 Å². The molecule has 35 heavy (non-hydrogen) atoms. The standard InChI is InChI=1S/C27H29ClN2O5/c1-4-14-34-24-11-8-21(18-25(24)32-3)23(30-12-16-33-17-13-30)19-29-27(31)26(35-15-5-2)20-6-9-22(28)10-7-20/h1-2,6-11,18,23,26H,12-17,19H2,3H3,(H,29,31). The molecule has 8 heteroatoms. The van der Waals surface area contributed by atoms with Gasteiger partial charge in [-0.05, 0) is 35.4 Å². The van der Waals surface area contributed by atoms with Crippen molar-refractivity contribution in [3.05, 3.63) is 58.6 Å². The second-order valence-corrected chi connectivity index (χ2v) is 8.20. The molecule has 184 valence electrons. The zero-order valence-electron chi connectivity index (χ0n) is 19.7. The molecule has 2 atom stereocenters. The van der Waals surface area contributed by atoms with Crippen LogP contribution in [0.5, 0.6) is 11.5 Å². The molecule has 0 saturated carbocycles. The molecule has 0 bridgehead atoms. The fourth-order valence-electron chi connectivity index (χ4n) is 3.86. The average molecular weight is 497 g/mol. The molecular weight excluding hydrogens is 468 g/mol. The Morgan fingerprint density at radius 1 is 1.09 bits per heavy atom. The Morgan fingerprint density at radius 2 is 1.77 bits per heavy atom. The average Bonchev–Trinajstić information content (AvgIpc) is 2.89. The van der Waals surface area contributed by atoms with Gasteiger partial charge in [0.1, 0.15) is 13.2 Å². The predicted octanol–water partition coefficient (Wildman–Crippen LogP) is 3.24. The van der Waals surface area contributed by atoms with Gasteiger partial charge >= 0.3 is 0 Å². The van der Waals surface area contributed by atoms with E-state index in [9.17, 15) is 4.79 Å². The minimum Gasteiger partial charge on any atom is -0.493 e. The van der Waals surface area contributed by atoms with Crippen molar-refractivity contribution in [3.63, 3.8) is 0 Å². The number of halogens is 1. The molecule has 2 aromatic carbocycles. The highest BCUT2D eigenvalue weighted by atomic mass is 35.5. The number of nitrogens with one attached hydrogen (secondary N) is 1. The summed E-state index contributed by atoms with van der Waals surface area (Å²) in [6.45, 7) is 3.18. The third-order valence-corrected chi connectivity index (χ3v) is 5.84. The summed E-state index contributed by atoms with van der Waals surface area (Å²) in [5, 5.41) is 3.61. The monoisotopic (exact) mass is 496 g/mol. The number of carbonyl (C=O) groups excluding carboxylic acids is 1. The Labute approximate surface area is 211 Å². The van der Waals surface area contributed by atoms with E-state index in [4.69, 9.17) is 43.4 Å². The van der Waals surface area contributed by atoms with Crippen LogP contribution in [0.2, 0.25) is 5.02 Å². The zero-order valence-corrected chi connectivity index (χ0v) is 20.4. The summed E-state index contributed by atoms with van der Waals surface area (Å²) >= 11 is 6.00. The molecule has 1 aliphatic heterocycles. The number of carbonyl (C=O) groups is 1. The first-order chi connectivity index (χ1) is 17.1. The van der Waals surface area contributed by atoms with Crippen LogP contribution in [-0.2, 0) is 14.3 Å². The van der Waals surface area contributed by atoms with E-state index in [0.29, 0.717) is 41.8 Å². The van der Waals surface area contributed by atoms with Crippen molar-refractivity contribution in [1.29, 1.82) is 0 Å². The smallest absolute Gasteiger partial charge is 0.253 e. The number of amides is 1. The van der Waals surface area contributed by atoms with Gasteiger partial charge in [0.2, 0.25) is 0 Å². The zero-order chi connectivity index (χ0) is 25.0. The van der Waals surface area contributed by atoms with Gasteiger partial charge in [-0.3, -0.25) is 9.69 Å². The van der Waals surface area contributed by atoms with Gasteiger partial charge in [0.25, 0.3) is 5.91 Å². The lowest BCUT2D eigenvalue weighted by Gasteiger charge is -2.35. The molecule has 3 rings (SSSR count). The Morgan fingerprint density at radius 3 is 2.43 bits per heavy atom. The Kier molecular flexibility index (Phi) is 10.3. The maximum Gasteiger partial charge on any atom is 0.253 e. The lowest BCUT2D eigenvalue weighted by atomic mass is 10.0. The number of hydrogen-bond donors (Lipinski definition) is 1. The van der Waals surface area contributed by atoms with Crippen LogP contribution in [0.4, 0.5) is 0 Å². The first kappa shape index (κ1) is 26.4. The molecule has 0 spiro atoms. The summed E-state index contributed by atoms with van der Waals surface area (Å²) in [5.41, 5.74) is 1.63. The summed E-state index contributed by atoms with van der Waals surface area (Å²) < 4.78 is 22.3. The van der Waals surface area contributed by atoms with E-state index in [2.05, 4.69) is 22.1 Å². The highest BCUT2D eigenvalue weighted by Crippen LogP contribution is 2.32.